The lowest BCUT2D eigenvalue weighted by Crippen LogP contribution is -2.02. The molecule has 0 atom stereocenters. The van der Waals surface area contributed by atoms with Crippen LogP contribution in [0.1, 0.15) is 11.1 Å². The minimum Gasteiger partial charge on any atom is -0.356 e. The van der Waals surface area contributed by atoms with Crippen molar-refractivity contribution >= 4 is 16.9 Å². The van der Waals surface area contributed by atoms with Crippen LogP contribution >= 0.6 is 0 Å². The van der Waals surface area contributed by atoms with Crippen LogP contribution in [0.5, 0.6) is 0 Å². The first-order valence-corrected chi connectivity index (χ1v) is 10.8. The highest BCUT2D eigenvalue weighted by Crippen LogP contribution is 2.33. The molecule has 174 valence electrons. The second kappa shape index (κ2) is 8.76. The van der Waals surface area contributed by atoms with Gasteiger partial charge in [-0.15, -0.1) is 0 Å². The van der Waals surface area contributed by atoms with E-state index in [1.54, 1.807) is 47.9 Å². The van der Waals surface area contributed by atoms with E-state index in [0.717, 1.165) is 6.07 Å². The molecule has 0 saturated heterocycles. The van der Waals surface area contributed by atoms with Gasteiger partial charge in [-0.3, -0.25) is 4.40 Å². The van der Waals surface area contributed by atoms with Gasteiger partial charge in [0.1, 0.15) is 17.5 Å². The van der Waals surface area contributed by atoms with Crippen LogP contribution in [0, 0.1) is 30.2 Å². The molecule has 0 fully saturated rings. The highest BCUT2D eigenvalue weighted by molar-refractivity contribution is 5.86. The standard InChI is InChI=1S/C28H19F4N3/c1-16-23(17(2)34-20-10-8-19(29)9-11-20)13-18(14-25(16)31)21-6-4-12-35-26(21)15-33-28(35)22-5-3-7-24(30)27(22)32/h3-15,34H,2H2,1H3. The molecule has 5 rings (SSSR count). The Labute approximate surface area is 199 Å². The lowest BCUT2D eigenvalue weighted by atomic mass is 9.97. The number of rotatable bonds is 5. The second-order valence-corrected chi connectivity index (χ2v) is 8.10. The van der Waals surface area contributed by atoms with Crippen molar-refractivity contribution in [3.63, 3.8) is 0 Å². The molecular formula is C28H19F4N3. The number of benzene rings is 3. The average molecular weight is 473 g/mol. The van der Waals surface area contributed by atoms with E-state index < -0.39 is 17.5 Å². The number of pyridine rings is 1. The molecule has 0 saturated carbocycles. The van der Waals surface area contributed by atoms with Crippen molar-refractivity contribution in [1.82, 2.24) is 9.38 Å². The number of hydrogen-bond donors (Lipinski definition) is 1. The van der Waals surface area contributed by atoms with Gasteiger partial charge in [0.15, 0.2) is 11.6 Å². The maximum atomic E-state index is 15.0. The maximum absolute atomic E-state index is 15.0. The highest BCUT2D eigenvalue weighted by Gasteiger charge is 2.18. The monoisotopic (exact) mass is 473 g/mol. The molecule has 7 heteroatoms. The third-order valence-electron chi connectivity index (χ3n) is 5.88. The van der Waals surface area contributed by atoms with Crippen molar-refractivity contribution in [1.29, 1.82) is 0 Å². The minimum atomic E-state index is -0.989. The molecule has 3 nitrogen and oxygen atoms in total. The van der Waals surface area contributed by atoms with Crippen LogP contribution in [0.25, 0.3) is 33.7 Å². The lowest BCUT2D eigenvalue weighted by molar-refractivity contribution is 0.510. The Morgan fingerprint density at radius 1 is 0.886 bits per heavy atom. The zero-order valence-electron chi connectivity index (χ0n) is 18.6. The summed E-state index contributed by atoms with van der Waals surface area (Å²) in [4.78, 5) is 4.32. The molecular weight excluding hydrogens is 454 g/mol. The Balaban J connectivity index is 1.59. The van der Waals surface area contributed by atoms with Gasteiger partial charge < -0.3 is 5.32 Å². The molecule has 0 aliphatic rings. The quantitative estimate of drug-likeness (QED) is 0.266. The molecule has 0 amide bonds. The Kier molecular flexibility index (Phi) is 5.61. The van der Waals surface area contributed by atoms with Gasteiger partial charge in [-0.1, -0.05) is 18.7 Å². The molecule has 2 aromatic heterocycles. The van der Waals surface area contributed by atoms with E-state index in [1.165, 1.54) is 36.5 Å². The first kappa shape index (κ1) is 22.4. The van der Waals surface area contributed by atoms with E-state index in [0.29, 0.717) is 39.2 Å². The summed E-state index contributed by atoms with van der Waals surface area (Å²) in [5, 5.41) is 3.08. The number of imidazole rings is 1. The van der Waals surface area contributed by atoms with Gasteiger partial charge in [0.25, 0.3) is 0 Å². The van der Waals surface area contributed by atoms with Crippen LogP contribution in [-0.4, -0.2) is 9.38 Å². The number of halogens is 4. The number of hydrogen-bond acceptors (Lipinski definition) is 2. The van der Waals surface area contributed by atoms with Crippen molar-refractivity contribution in [3.8, 4) is 22.5 Å². The van der Waals surface area contributed by atoms with E-state index in [1.807, 2.05) is 0 Å². The minimum absolute atomic E-state index is 0.0230. The molecule has 0 spiro atoms. The van der Waals surface area contributed by atoms with Crippen LogP contribution in [-0.2, 0) is 0 Å². The summed E-state index contributed by atoms with van der Waals surface area (Å²) in [5.74, 6) is -2.52. The fourth-order valence-electron chi connectivity index (χ4n) is 4.06. The van der Waals surface area contributed by atoms with Gasteiger partial charge in [0, 0.05) is 28.7 Å². The lowest BCUT2D eigenvalue weighted by Gasteiger charge is -2.15. The van der Waals surface area contributed by atoms with Crippen LogP contribution in [0.2, 0.25) is 0 Å². The normalized spacial score (nSPS) is 11.1. The molecule has 5 aromatic rings. The molecule has 1 N–H and O–H groups in total. The van der Waals surface area contributed by atoms with E-state index in [4.69, 9.17) is 0 Å². The predicted molar refractivity (Wildman–Crippen MR) is 130 cm³/mol. The van der Waals surface area contributed by atoms with Gasteiger partial charge in [-0.2, -0.15) is 0 Å². The first-order chi connectivity index (χ1) is 16.8. The van der Waals surface area contributed by atoms with Crippen molar-refractivity contribution in [2.45, 2.75) is 6.92 Å². The number of nitrogens with zero attached hydrogens (tertiary/aromatic N) is 2. The number of anilines is 1. The largest absolute Gasteiger partial charge is 0.356 e. The maximum Gasteiger partial charge on any atom is 0.169 e. The summed E-state index contributed by atoms with van der Waals surface area (Å²) < 4.78 is 58.1. The number of fused-ring (bicyclic) bond motifs is 1. The molecule has 3 aromatic carbocycles. The smallest absolute Gasteiger partial charge is 0.169 e. The number of aromatic nitrogens is 2. The molecule has 0 unspecified atom stereocenters. The van der Waals surface area contributed by atoms with Crippen LogP contribution in [0.4, 0.5) is 23.2 Å². The summed E-state index contributed by atoms with van der Waals surface area (Å²) in [5.41, 5.74) is 3.82. The zero-order chi connectivity index (χ0) is 24.7. The predicted octanol–water partition coefficient (Wildman–Crippen LogP) is 7.62. The molecule has 2 heterocycles. The topological polar surface area (TPSA) is 29.3 Å². The van der Waals surface area contributed by atoms with Crippen LogP contribution < -0.4 is 5.32 Å². The van der Waals surface area contributed by atoms with Gasteiger partial charge in [-0.05, 0) is 72.6 Å². The van der Waals surface area contributed by atoms with Crippen molar-refractivity contribution in [2.24, 2.45) is 0 Å². The van der Waals surface area contributed by atoms with E-state index >= 15 is 4.39 Å². The fourth-order valence-corrected chi connectivity index (χ4v) is 4.06. The molecule has 0 aliphatic heterocycles. The van der Waals surface area contributed by atoms with Crippen molar-refractivity contribution in [2.75, 3.05) is 5.32 Å². The van der Waals surface area contributed by atoms with Gasteiger partial charge in [0.05, 0.1) is 17.3 Å². The van der Waals surface area contributed by atoms with Crippen molar-refractivity contribution < 1.29 is 17.6 Å². The third-order valence-corrected chi connectivity index (χ3v) is 5.88. The zero-order valence-corrected chi connectivity index (χ0v) is 18.6. The fraction of sp³-hybridized carbons (Fsp3) is 0.0357. The first-order valence-electron chi connectivity index (χ1n) is 10.8. The van der Waals surface area contributed by atoms with E-state index in [9.17, 15) is 13.2 Å². The summed E-state index contributed by atoms with van der Waals surface area (Å²) >= 11 is 0. The van der Waals surface area contributed by atoms with E-state index in [-0.39, 0.29) is 17.2 Å². The summed E-state index contributed by atoms with van der Waals surface area (Å²) in [6, 6.07) is 16.4. The van der Waals surface area contributed by atoms with Gasteiger partial charge in [0.2, 0.25) is 0 Å². The van der Waals surface area contributed by atoms with Crippen LogP contribution in [0.3, 0.4) is 0 Å². The highest BCUT2D eigenvalue weighted by atomic mass is 19.2. The Hall–Kier alpha value is -4.39. The second-order valence-electron chi connectivity index (χ2n) is 8.10. The van der Waals surface area contributed by atoms with Gasteiger partial charge >= 0.3 is 0 Å². The SMILES string of the molecule is C=C(Nc1ccc(F)cc1)c1cc(-c2cccn3c(-c4cccc(F)c4F)ncc23)cc(F)c1C. The van der Waals surface area contributed by atoms with Gasteiger partial charge in [-0.25, -0.2) is 22.5 Å². The molecule has 0 radical (unpaired) electrons. The number of nitrogens with one attached hydrogen (secondary N) is 1. The summed E-state index contributed by atoms with van der Waals surface area (Å²) in [6.45, 7) is 5.69. The van der Waals surface area contributed by atoms with E-state index in [2.05, 4.69) is 16.9 Å². The molecule has 0 bridgehead atoms. The third kappa shape index (κ3) is 4.05. The Bertz CT molecular complexity index is 1590. The molecule has 35 heavy (non-hydrogen) atoms. The Morgan fingerprint density at radius 3 is 2.40 bits per heavy atom. The van der Waals surface area contributed by atoms with Crippen molar-refractivity contribution in [3.05, 3.63) is 120 Å². The summed E-state index contributed by atoms with van der Waals surface area (Å²) in [7, 11) is 0. The molecule has 0 aliphatic carbocycles. The Morgan fingerprint density at radius 2 is 1.63 bits per heavy atom. The van der Waals surface area contributed by atoms with Crippen LogP contribution in [0.15, 0.2) is 85.7 Å². The average Bonchev–Trinajstić information content (AvgIpc) is 3.28. The summed E-state index contributed by atoms with van der Waals surface area (Å²) in [6.07, 6.45) is 3.23.